The molecule has 0 aromatic heterocycles. The topological polar surface area (TPSA) is 49.4 Å². The van der Waals surface area contributed by atoms with Gasteiger partial charge >= 0.3 is 0 Å². The minimum Gasteiger partial charge on any atom is -0.354 e. The van der Waals surface area contributed by atoms with Gasteiger partial charge in [-0.2, -0.15) is 0 Å². The summed E-state index contributed by atoms with van der Waals surface area (Å²) in [5.74, 6) is -0.298. The summed E-state index contributed by atoms with van der Waals surface area (Å²) in [6, 6.07) is 14.5. The summed E-state index contributed by atoms with van der Waals surface area (Å²) in [5.41, 5.74) is 2.58. The average Bonchev–Trinajstić information content (AvgIpc) is 2.85. The number of hydrogen-bond acceptors (Lipinski definition) is 2. The number of halogens is 1. The van der Waals surface area contributed by atoms with E-state index in [9.17, 15) is 9.59 Å². The summed E-state index contributed by atoms with van der Waals surface area (Å²) >= 11 is 6.25. The van der Waals surface area contributed by atoms with Crippen LogP contribution >= 0.6 is 11.6 Å². The number of nitrogens with zero attached hydrogens (tertiary/aromatic N) is 1. The second-order valence-corrected chi connectivity index (χ2v) is 7.11. The van der Waals surface area contributed by atoms with E-state index < -0.39 is 6.04 Å². The van der Waals surface area contributed by atoms with Crippen molar-refractivity contribution < 1.29 is 9.59 Å². The van der Waals surface area contributed by atoms with Crippen LogP contribution < -0.4 is 5.32 Å². The zero-order valence-corrected chi connectivity index (χ0v) is 15.6. The summed E-state index contributed by atoms with van der Waals surface area (Å²) in [7, 11) is 0. The van der Waals surface area contributed by atoms with E-state index in [0.717, 1.165) is 24.0 Å². The standard InChI is InChI=1S/C21H23ClN2O2/c1-15-9-11-16(12-10-15)14-24(19-8-4-5-13-23-20(19)25)21(26)17-6-2-3-7-18(17)22/h2-3,6-7,9-12,19H,4-5,8,13-14H2,1H3,(H,23,25). The van der Waals surface area contributed by atoms with Crippen molar-refractivity contribution in [2.75, 3.05) is 6.54 Å². The van der Waals surface area contributed by atoms with Crippen LogP contribution in [0.15, 0.2) is 48.5 Å². The van der Waals surface area contributed by atoms with Crippen LogP contribution in [0.4, 0.5) is 0 Å². The molecule has 26 heavy (non-hydrogen) atoms. The first-order valence-electron chi connectivity index (χ1n) is 8.95. The normalized spacial score (nSPS) is 17.3. The molecule has 2 aromatic carbocycles. The lowest BCUT2D eigenvalue weighted by Crippen LogP contribution is -2.48. The number of nitrogens with one attached hydrogen (secondary N) is 1. The number of hydrogen-bond donors (Lipinski definition) is 1. The molecular formula is C21H23ClN2O2. The molecule has 2 aromatic rings. The van der Waals surface area contributed by atoms with Crippen LogP contribution in [-0.4, -0.2) is 29.3 Å². The molecule has 5 heteroatoms. The maximum absolute atomic E-state index is 13.3. The van der Waals surface area contributed by atoms with E-state index in [4.69, 9.17) is 11.6 Å². The molecule has 1 aliphatic rings. The molecule has 0 bridgehead atoms. The van der Waals surface area contributed by atoms with Crippen LogP contribution in [0.2, 0.25) is 5.02 Å². The van der Waals surface area contributed by atoms with E-state index in [1.807, 2.05) is 31.2 Å². The Morgan fingerprint density at radius 1 is 1.15 bits per heavy atom. The third-order valence-electron chi connectivity index (χ3n) is 4.72. The van der Waals surface area contributed by atoms with E-state index in [2.05, 4.69) is 5.32 Å². The van der Waals surface area contributed by atoms with Crippen molar-refractivity contribution in [3.05, 3.63) is 70.2 Å². The third-order valence-corrected chi connectivity index (χ3v) is 5.05. The lowest BCUT2D eigenvalue weighted by atomic mass is 10.0. The van der Waals surface area contributed by atoms with Gasteiger partial charge in [0.15, 0.2) is 0 Å². The Morgan fingerprint density at radius 3 is 2.62 bits per heavy atom. The van der Waals surface area contributed by atoms with Crippen molar-refractivity contribution >= 4 is 23.4 Å². The highest BCUT2D eigenvalue weighted by atomic mass is 35.5. The molecule has 0 saturated carbocycles. The van der Waals surface area contributed by atoms with E-state index in [1.54, 1.807) is 29.2 Å². The van der Waals surface area contributed by atoms with Crippen molar-refractivity contribution in [1.82, 2.24) is 10.2 Å². The molecule has 1 N–H and O–H groups in total. The number of amides is 2. The minimum atomic E-state index is -0.484. The van der Waals surface area contributed by atoms with E-state index in [1.165, 1.54) is 0 Å². The first-order chi connectivity index (χ1) is 12.6. The first-order valence-corrected chi connectivity index (χ1v) is 9.33. The van der Waals surface area contributed by atoms with Gasteiger partial charge in [-0.05, 0) is 43.9 Å². The smallest absolute Gasteiger partial charge is 0.256 e. The van der Waals surface area contributed by atoms with Gasteiger partial charge in [-0.15, -0.1) is 0 Å². The Kier molecular flexibility index (Phi) is 5.94. The Hall–Kier alpha value is -2.33. The number of carbonyl (C=O) groups excluding carboxylic acids is 2. The largest absolute Gasteiger partial charge is 0.354 e. The number of carbonyl (C=O) groups is 2. The highest BCUT2D eigenvalue weighted by Crippen LogP contribution is 2.23. The van der Waals surface area contributed by atoms with Gasteiger partial charge in [0.2, 0.25) is 5.91 Å². The zero-order valence-electron chi connectivity index (χ0n) is 14.9. The van der Waals surface area contributed by atoms with Gasteiger partial charge in [0.25, 0.3) is 5.91 Å². The number of benzene rings is 2. The van der Waals surface area contributed by atoms with Gasteiger partial charge in [-0.3, -0.25) is 9.59 Å². The Labute approximate surface area is 159 Å². The van der Waals surface area contributed by atoms with Crippen LogP contribution in [0.1, 0.15) is 40.7 Å². The minimum absolute atomic E-state index is 0.0879. The summed E-state index contributed by atoms with van der Waals surface area (Å²) in [5, 5.41) is 3.33. The fraction of sp³-hybridized carbons (Fsp3) is 0.333. The zero-order chi connectivity index (χ0) is 18.5. The van der Waals surface area contributed by atoms with Crippen LogP contribution in [0, 0.1) is 6.92 Å². The maximum atomic E-state index is 13.3. The molecule has 4 nitrogen and oxygen atoms in total. The molecule has 1 aliphatic heterocycles. The summed E-state index contributed by atoms with van der Waals surface area (Å²) in [6.07, 6.45) is 2.50. The van der Waals surface area contributed by atoms with Crippen LogP contribution in [-0.2, 0) is 11.3 Å². The molecule has 3 rings (SSSR count). The fourth-order valence-corrected chi connectivity index (χ4v) is 3.44. The first kappa shape index (κ1) is 18.5. The predicted molar refractivity (Wildman–Crippen MR) is 103 cm³/mol. The Balaban J connectivity index is 1.94. The van der Waals surface area contributed by atoms with Gasteiger partial charge in [0.05, 0.1) is 10.6 Å². The number of rotatable bonds is 4. The van der Waals surface area contributed by atoms with E-state index in [-0.39, 0.29) is 11.8 Å². The van der Waals surface area contributed by atoms with Gasteiger partial charge < -0.3 is 10.2 Å². The van der Waals surface area contributed by atoms with Crippen molar-refractivity contribution in [3.63, 3.8) is 0 Å². The molecule has 136 valence electrons. The van der Waals surface area contributed by atoms with Gasteiger partial charge in [-0.25, -0.2) is 0 Å². The molecule has 0 radical (unpaired) electrons. The van der Waals surface area contributed by atoms with E-state index in [0.29, 0.717) is 30.1 Å². The maximum Gasteiger partial charge on any atom is 0.256 e. The predicted octanol–water partition coefficient (Wildman–Crippen LogP) is 3.96. The summed E-state index contributed by atoms with van der Waals surface area (Å²) in [4.78, 5) is 27.5. The molecule has 1 atom stereocenters. The lowest BCUT2D eigenvalue weighted by molar-refractivity contribution is -0.125. The highest BCUT2D eigenvalue weighted by Gasteiger charge is 2.32. The average molecular weight is 371 g/mol. The van der Waals surface area contributed by atoms with Crippen LogP contribution in [0.3, 0.4) is 0 Å². The molecule has 1 unspecified atom stereocenters. The number of aryl methyl sites for hydroxylation is 1. The highest BCUT2D eigenvalue weighted by molar-refractivity contribution is 6.33. The van der Waals surface area contributed by atoms with Gasteiger partial charge in [0, 0.05) is 13.1 Å². The monoisotopic (exact) mass is 370 g/mol. The van der Waals surface area contributed by atoms with Crippen molar-refractivity contribution in [3.8, 4) is 0 Å². The van der Waals surface area contributed by atoms with Crippen molar-refractivity contribution in [2.24, 2.45) is 0 Å². The Bertz CT molecular complexity index is 789. The molecule has 1 fully saturated rings. The SMILES string of the molecule is Cc1ccc(CN(C(=O)c2ccccc2Cl)C2CCCCNC2=O)cc1. The molecule has 1 heterocycles. The van der Waals surface area contributed by atoms with Crippen molar-refractivity contribution in [2.45, 2.75) is 38.8 Å². The quantitative estimate of drug-likeness (QED) is 0.885. The molecular weight excluding hydrogens is 348 g/mol. The summed E-state index contributed by atoms with van der Waals surface area (Å²) < 4.78 is 0. The third kappa shape index (κ3) is 4.25. The van der Waals surface area contributed by atoms with Crippen LogP contribution in [0.5, 0.6) is 0 Å². The second-order valence-electron chi connectivity index (χ2n) is 6.70. The van der Waals surface area contributed by atoms with Crippen molar-refractivity contribution in [1.29, 1.82) is 0 Å². The second kappa shape index (κ2) is 8.37. The molecule has 2 amide bonds. The summed E-state index contributed by atoms with van der Waals surface area (Å²) in [6.45, 7) is 3.06. The van der Waals surface area contributed by atoms with Crippen LogP contribution in [0.25, 0.3) is 0 Å². The lowest BCUT2D eigenvalue weighted by Gasteiger charge is -2.30. The molecule has 0 aliphatic carbocycles. The van der Waals surface area contributed by atoms with Gasteiger partial charge in [-0.1, -0.05) is 53.6 Å². The fourth-order valence-electron chi connectivity index (χ4n) is 3.22. The van der Waals surface area contributed by atoms with E-state index >= 15 is 0 Å². The van der Waals surface area contributed by atoms with Gasteiger partial charge in [0.1, 0.15) is 6.04 Å². The molecule has 0 spiro atoms. The molecule has 1 saturated heterocycles. The Morgan fingerprint density at radius 2 is 1.88 bits per heavy atom.